The first kappa shape index (κ1) is 13.3. The average Bonchev–Trinajstić information content (AvgIpc) is 2.16. The monoisotopic (exact) mass is 291 g/mol. The number of benzene rings is 1. The Hall–Kier alpha value is -0.810. The number of hydrogen-bond acceptors (Lipinski definition) is 2. The number of alkyl halides is 2. The van der Waals surface area contributed by atoms with Crippen LogP contribution in [0.1, 0.15) is 10.4 Å². The molecule has 0 heterocycles. The van der Waals surface area contributed by atoms with Crippen molar-refractivity contribution in [3.8, 4) is 0 Å². The van der Waals surface area contributed by atoms with Crippen LogP contribution in [0.2, 0.25) is 0 Å². The van der Waals surface area contributed by atoms with Gasteiger partial charge in [0.1, 0.15) is 0 Å². The van der Waals surface area contributed by atoms with Crippen molar-refractivity contribution in [1.29, 1.82) is 0 Å². The average molecular weight is 292 g/mol. The molecule has 1 aromatic rings. The van der Waals surface area contributed by atoms with E-state index < -0.39 is 13.0 Å². The Morgan fingerprint density at radius 2 is 2.06 bits per heavy atom. The van der Waals surface area contributed by atoms with Gasteiger partial charge in [0.15, 0.2) is 5.78 Å². The van der Waals surface area contributed by atoms with E-state index in [4.69, 9.17) is 0 Å². The molecule has 0 spiro atoms. The van der Waals surface area contributed by atoms with E-state index in [1.54, 1.807) is 24.3 Å². The summed E-state index contributed by atoms with van der Waals surface area (Å²) in [5, 5.41) is 0. The zero-order valence-electron chi connectivity index (χ0n) is 8.79. The van der Waals surface area contributed by atoms with Gasteiger partial charge in [0, 0.05) is 10.0 Å². The van der Waals surface area contributed by atoms with Crippen LogP contribution in [0.4, 0.5) is 8.78 Å². The quantitative estimate of drug-likeness (QED) is 0.778. The summed E-state index contributed by atoms with van der Waals surface area (Å²) in [6, 6.07) is 6.96. The first-order valence-corrected chi connectivity index (χ1v) is 5.54. The van der Waals surface area contributed by atoms with E-state index in [1.807, 2.05) is 0 Å². The predicted molar refractivity (Wildman–Crippen MR) is 62.0 cm³/mol. The maximum absolute atomic E-state index is 12.1. The molecule has 2 nitrogen and oxygen atoms in total. The van der Waals surface area contributed by atoms with Crippen molar-refractivity contribution in [2.75, 3.05) is 20.1 Å². The molecule has 0 bridgehead atoms. The van der Waals surface area contributed by atoms with Crippen molar-refractivity contribution < 1.29 is 13.6 Å². The molecule has 0 unspecified atom stereocenters. The number of carbonyl (C=O) groups is 1. The third-order valence-electron chi connectivity index (χ3n) is 2.04. The highest BCUT2D eigenvalue weighted by atomic mass is 79.9. The third kappa shape index (κ3) is 3.98. The molecule has 0 radical (unpaired) electrons. The molecule has 0 atom stereocenters. The molecule has 0 amide bonds. The molecule has 0 fully saturated rings. The van der Waals surface area contributed by atoms with Gasteiger partial charge in [-0.05, 0) is 13.1 Å². The summed E-state index contributed by atoms with van der Waals surface area (Å²) in [4.78, 5) is 13.1. The highest BCUT2D eigenvalue weighted by Gasteiger charge is 2.14. The summed E-state index contributed by atoms with van der Waals surface area (Å²) in [5.74, 6) is -0.171. The number of carbonyl (C=O) groups excluding carboxylic acids is 1. The van der Waals surface area contributed by atoms with E-state index in [-0.39, 0.29) is 12.3 Å². The first-order valence-electron chi connectivity index (χ1n) is 4.75. The van der Waals surface area contributed by atoms with Gasteiger partial charge in [0.2, 0.25) is 0 Å². The fraction of sp³-hybridized carbons (Fsp3) is 0.364. The lowest BCUT2D eigenvalue weighted by Gasteiger charge is -2.15. The zero-order chi connectivity index (χ0) is 12.1. The molecule has 0 N–H and O–H groups in total. The van der Waals surface area contributed by atoms with E-state index >= 15 is 0 Å². The fourth-order valence-electron chi connectivity index (χ4n) is 1.32. The molecule has 88 valence electrons. The van der Waals surface area contributed by atoms with Gasteiger partial charge in [-0.2, -0.15) is 0 Å². The highest BCUT2D eigenvalue weighted by Crippen LogP contribution is 2.16. The lowest BCUT2D eigenvalue weighted by Crippen LogP contribution is -2.30. The molecule has 1 rings (SSSR count). The minimum Gasteiger partial charge on any atom is -0.293 e. The fourth-order valence-corrected chi connectivity index (χ4v) is 1.82. The van der Waals surface area contributed by atoms with Crippen molar-refractivity contribution in [2.24, 2.45) is 0 Å². The van der Waals surface area contributed by atoms with Crippen molar-refractivity contribution in [2.45, 2.75) is 6.43 Å². The summed E-state index contributed by atoms with van der Waals surface area (Å²) in [6.07, 6.45) is -2.42. The number of halogens is 3. The molecule has 0 saturated carbocycles. The lowest BCUT2D eigenvalue weighted by molar-refractivity contribution is 0.0819. The predicted octanol–water partition coefficient (Wildman–Crippen LogP) is 2.83. The van der Waals surface area contributed by atoms with Gasteiger partial charge in [-0.1, -0.05) is 34.1 Å². The summed E-state index contributed by atoms with van der Waals surface area (Å²) in [5.41, 5.74) is 0.517. The number of ketones is 1. The second kappa shape index (κ2) is 6.06. The molecule has 0 saturated heterocycles. The van der Waals surface area contributed by atoms with Crippen LogP contribution in [0, 0.1) is 0 Å². The maximum Gasteiger partial charge on any atom is 0.251 e. The Bertz CT molecular complexity index is 371. The van der Waals surface area contributed by atoms with E-state index in [1.165, 1.54) is 11.9 Å². The van der Waals surface area contributed by atoms with Gasteiger partial charge < -0.3 is 0 Å². The summed E-state index contributed by atoms with van der Waals surface area (Å²) in [7, 11) is 1.50. The van der Waals surface area contributed by atoms with Gasteiger partial charge in [-0.25, -0.2) is 8.78 Å². The Labute approximate surface area is 101 Å². The highest BCUT2D eigenvalue weighted by molar-refractivity contribution is 9.10. The van der Waals surface area contributed by atoms with Crippen molar-refractivity contribution in [3.05, 3.63) is 34.3 Å². The Morgan fingerprint density at radius 3 is 2.62 bits per heavy atom. The summed E-state index contributed by atoms with van der Waals surface area (Å²) >= 11 is 3.25. The van der Waals surface area contributed by atoms with Crippen molar-refractivity contribution >= 4 is 21.7 Å². The Kier molecular flexibility index (Phi) is 5.02. The largest absolute Gasteiger partial charge is 0.293 e. The van der Waals surface area contributed by atoms with Crippen LogP contribution < -0.4 is 0 Å². The second-order valence-corrected chi connectivity index (χ2v) is 4.35. The molecule has 16 heavy (non-hydrogen) atoms. The minimum absolute atomic E-state index is 0.00699. The topological polar surface area (TPSA) is 20.3 Å². The van der Waals surface area contributed by atoms with Crippen LogP contribution in [-0.4, -0.2) is 37.2 Å². The maximum atomic E-state index is 12.1. The van der Waals surface area contributed by atoms with E-state index in [0.717, 1.165) is 0 Å². The third-order valence-corrected chi connectivity index (χ3v) is 2.73. The molecule has 0 aliphatic carbocycles. The molecule has 1 aromatic carbocycles. The van der Waals surface area contributed by atoms with Crippen LogP contribution in [0.25, 0.3) is 0 Å². The van der Waals surface area contributed by atoms with E-state index in [9.17, 15) is 13.6 Å². The normalized spacial score (nSPS) is 11.1. The Morgan fingerprint density at radius 1 is 1.44 bits per heavy atom. The van der Waals surface area contributed by atoms with Gasteiger partial charge in [-0.15, -0.1) is 0 Å². The lowest BCUT2D eigenvalue weighted by atomic mass is 10.1. The number of hydrogen-bond donors (Lipinski definition) is 0. The molecule has 0 aliphatic rings. The van der Waals surface area contributed by atoms with Crippen LogP contribution in [0.15, 0.2) is 28.7 Å². The van der Waals surface area contributed by atoms with Crippen LogP contribution in [0.3, 0.4) is 0 Å². The van der Waals surface area contributed by atoms with Crippen molar-refractivity contribution in [3.63, 3.8) is 0 Å². The SMILES string of the molecule is CN(CC(=O)c1ccccc1Br)CC(F)F. The smallest absolute Gasteiger partial charge is 0.251 e. The van der Waals surface area contributed by atoms with Crippen LogP contribution in [-0.2, 0) is 0 Å². The molecule has 0 aliphatic heterocycles. The number of nitrogens with zero attached hydrogens (tertiary/aromatic N) is 1. The van der Waals surface area contributed by atoms with E-state index in [0.29, 0.717) is 10.0 Å². The van der Waals surface area contributed by atoms with Gasteiger partial charge in [0.25, 0.3) is 6.43 Å². The Balaban J connectivity index is 2.63. The standard InChI is InChI=1S/C11H12BrF2NO/c1-15(7-11(13)14)6-10(16)8-4-2-3-5-9(8)12/h2-5,11H,6-7H2,1H3. The molecule has 0 aromatic heterocycles. The number of rotatable bonds is 5. The zero-order valence-corrected chi connectivity index (χ0v) is 10.4. The second-order valence-electron chi connectivity index (χ2n) is 3.49. The molecule has 5 heteroatoms. The van der Waals surface area contributed by atoms with Gasteiger partial charge in [0.05, 0.1) is 13.1 Å². The van der Waals surface area contributed by atoms with Crippen molar-refractivity contribution in [1.82, 2.24) is 4.90 Å². The molecular weight excluding hydrogens is 280 g/mol. The number of likely N-dealkylation sites (N-methyl/N-ethyl adjacent to an activating group) is 1. The van der Waals surface area contributed by atoms with Gasteiger partial charge >= 0.3 is 0 Å². The molecular formula is C11H12BrF2NO. The number of Topliss-reactive ketones (excluding diaryl/α,β-unsaturated/α-hetero) is 1. The minimum atomic E-state index is -2.42. The summed E-state index contributed by atoms with van der Waals surface area (Å²) < 4.78 is 24.8. The van der Waals surface area contributed by atoms with E-state index in [2.05, 4.69) is 15.9 Å². The van der Waals surface area contributed by atoms with Crippen LogP contribution >= 0.6 is 15.9 Å². The van der Waals surface area contributed by atoms with Gasteiger partial charge in [-0.3, -0.25) is 9.69 Å². The van der Waals surface area contributed by atoms with Crippen LogP contribution in [0.5, 0.6) is 0 Å². The first-order chi connectivity index (χ1) is 7.50. The summed E-state index contributed by atoms with van der Waals surface area (Å²) in [6.45, 7) is -0.400.